The molecule has 3 aromatic rings. The van der Waals surface area contributed by atoms with E-state index in [-0.39, 0.29) is 6.10 Å². The molecule has 138 valence electrons. The average molecular weight is 361 g/mol. The number of anilines is 1. The third-order valence-corrected chi connectivity index (χ3v) is 4.98. The molecule has 0 saturated carbocycles. The molecule has 2 heterocycles. The predicted octanol–water partition coefficient (Wildman–Crippen LogP) is 4.25. The molecule has 0 N–H and O–H groups in total. The normalized spacial score (nSPS) is 17.0. The van der Waals surface area contributed by atoms with E-state index < -0.39 is 0 Å². The molecule has 0 fully saturated rings. The van der Waals surface area contributed by atoms with Gasteiger partial charge in [-0.05, 0) is 41.8 Å². The molecule has 1 atom stereocenters. The Balaban J connectivity index is 1.72. The zero-order valence-corrected chi connectivity index (χ0v) is 15.6. The van der Waals surface area contributed by atoms with Crippen LogP contribution in [0.5, 0.6) is 5.75 Å². The Morgan fingerprint density at radius 3 is 2.74 bits per heavy atom. The Morgan fingerprint density at radius 2 is 1.93 bits per heavy atom. The van der Waals surface area contributed by atoms with Crippen molar-refractivity contribution < 1.29 is 9.47 Å². The highest BCUT2D eigenvalue weighted by Gasteiger charge is 2.19. The van der Waals surface area contributed by atoms with Crippen LogP contribution in [-0.2, 0) is 11.3 Å². The molecule has 0 spiro atoms. The average Bonchev–Trinajstić information content (AvgIpc) is 2.72. The zero-order valence-electron chi connectivity index (χ0n) is 15.6. The summed E-state index contributed by atoms with van der Waals surface area (Å²) >= 11 is 0. The van der Waals surface area contributed by atoms with E-state index in [4.69, 9.17) is 9.47 Å². The van der Waals surface area contributed by atoms with Crippen LogP contribution >= 0.6 is 0 Å². The van der Waals surface area contributed by atoms with E-state index in [0.29, 0.717) is 6.61 Å². The lowest BCUT2D eigenvalue weighted by atomic mass is 9.96. The van der Waals surface area contributed by atoms with Crippen LogP contribution in [0.15, 0.2) is 61.2 Å². The van der Waals surface area contributed by atoms with Crippen LogP contribution in [0.3, 0.4) is 0 Å². The van der Waals surface area contributed by atoms with Crippen LogP contribution in [0, 0.1) is 0 Å². The summed E-state index contributed by atoms with van der Waals surface area (Å²) in [5, 5.41) is 0. The summed E-state index contributed by atoms with van der Waals surface area (Å²) in [6, 6.07) is 14.7. The highest BCUT2D eigenvalue weighted by atomic mass is 16.5. The fourth-order valence-corrected chi connectivity index (χ4v) is 3.51. The van der Waals surface area contributed by atoms with Crippen LogP contribution < -0.4 is 9.64 Å². The molecular weight excluding hydrogens is 338 g/mol. The first-order valence-electron chi connectivity index (χ1n) is 9.13. The van der Waals surface area contributed by atoms with Gasteiger partial charge in [-0.15, -0.1) is 0 Å². The van der Waals surface area contributed by atoms with Gasteiger partial charge in [0.05, 0.1) is 19.8 Å². The quantitative estimate of drug-likeness (QED) is 0.698. The molecule has 2 aromatic carbocycles. The standard InChI is InChI=1S/C22H23N3O2/c1-16-22-7-6-17(19-12-23-15-24-13-19)10-18(22)14-25(8-9-27-16)20-4-3-5-21(11-20)26-2/h3-7,10-13,15-16H,8-9,14H2,1-2H3. The number of rotatable bonds is 3. The van der Waals surface area contributed by atoms with Gasteiger partial charge in [-0.2, -0.15) is 0 Å². The maximum Gasteiger partial charge on any atom is 0.120 e. The number of hydrogen-bond donors (Lipinski definition) is 0. The first kappa shape index (κ1) is 17.5. The lowest BCUT2D eigenvalue weighted by molar-refractivity contribution is 0.0673. The molecule has 0 radical (unpaired) electrons. The maximum absolute atomic E-state index is 6.07. The molecule has 5 nitrogen and oxygen atoms in total. The van der Waals surface area contributed by atoms with Gasteiger partial charge in [0.2, 0.25) is 0 Å². The van der Waals surface area contributed by atoms with Crippen LogP contribution in [0.1, 0.15) is 24.2 Å². The molecule has 5 heteroatoms. The summed E-state index contributed by atoms with van der Waals surface area (Å²) in [5.74, 6) is 0.860. The lowest BCUT2D eigenvalue weighted by Gasteiger charge is -2.31. The van der Waals surface area contributed by atoms with Gasteiger partial charge in [0.25, 0.3) is 0 Å². The first-order chi connectivity index (χ1) is 13.2. The number of hydrogen-bond acceptors (Lipinski definition) is 5. The topological polar surface area (TPSA) is 47.5 Å². The van der Waals surface area contributed by atoms with E-state index in [2.05, 4.69) is 52.1 Å². The van der Waals surface area contributed by atoms with Gasteiger partial charge in [0, 0.05) is 42.8 Å². The van der Waals surface area contributed by atoms with Crippen molar-refractivity contribution >= 4 is 5.69 Å². The number of aromatic nitrogens is 2. The monoisotopic (exact) mass is 361 g/mol. The Labute approximate surface area is 159 Å². The van der Waals surface area contributed by atoms with Crippen molar-refractivity contribution in [2.24, 2.45) is 0 Å². The molecule has 1 aromatic heterocycles. The van der Waals surface area contributed by atoms with Crippen molar-refractivity contribution in [3.8, 4) is 16.9 Å². The number of nitrogens with zero attached hydrogens (tertiary/aromatic N) is 3. The smallest absolute Gasteiger partial charge is 0.120 e. The highest BCUT2D eigenvalue weighted by Crippen LogP contribution is 2.31. The summed E-state index contributed by atoms with van der Waals surface area (Å²) in [6.45, 7) is 4.45. The SMILES string of the molecule is COc1cccc(N2CCOC(C)c3ccc(-c4cncnc4)cc3C2)c1. The fraction of sp³-hybridized carbons (Fsp3) is 0.273. The molecule has 0 saturated heterocycles. The van der Waals surface area contributed by atoms with Crippen LogP contribution in [0.2, 0.25) is 0 Å². The fourth-order valence-electron chi connectivity index (χ4n) is 3.51. The van der Waals surface area contributed by atoms with Gasteiger partial charge in [-0.25, -0.2) is 9.97 Å². The minimum absolute atomic E-state index is 0.0773. The molecule has 1 aliphatic heterocycles. The summed E-state index contributed by atoms with van der Waals surface area (Å²) in [4.78, 5) is 10.6. The van der Waals surface area contributed by atoms with Crippen LogP contribution in [0.4, 0.5) is 5.69 Å². The largest absolute Gasteiger partial charge is 0.497 e. The van der Waals surface area contributed by atoms with Crippen molar-refractivity contribution in [1.82, 2.24) is 9.97 Å². The minimum Gasteiger partial charge on any atom is -0.497 e. The van der Waals surface area contributed by atoms with Gasteiger partial charge in [0.15, 0.2) is 0 Å². The minimum atomic E-state index is 0.0773. The Bertz CT molecular complexity index is 914. The van der Waals surface area contributed by atoms with E-state index in [0.717, 1.165) is 35.7 Å². The van der Waals surface area contributed by atoms with E-state index in [9.17, 15) is 0 Å². The number of fused-ring (bicyclic) bond motifs is 1. The van der Waals surface area contributed by atoms with Gasteiger partial charge in [0.1, 0.15) is 12.1 Å². The molecule has 0 amide bonds. The Kier molecular flexibility index (Phi) is 5.03. The summed E-state index contributed by atoms with van der Waals surface area (Å²) in [5.41, 5.74) is 5.75. The second-order valence-corrected chi connectivity index (χ2v) is 6.68. The number of ether oxygens (including phenoxy) is 2. The first-order valence-corrected chi connectivity index (χ1v) is 9.13. The maximum atomic E-state index is 6.07. The molecule has 4 rings (SSSR count). The van der Waals surface area contributed by atoms with Crippen LogP contribution in [0.25, 0.3) is 11.1 Å². The molecule has 0 aliphatic carbocycles. The molecule has 1 unspecified atom stereocenters. The van der Waals surface area contributed by atoms with E-state index in [1.54, 1.807) is 13.4 Å². The summed E-state index contributed by atoms with van der Waals surface area (Å²) in [7, 11) is 1.70. The van der Waals surface area contributed by atoms with Gasteiger partial charge in [-0.3, -0.25) is 0 Å². The van der Waals surface area contributed by atoms with Crippen molar-refractivity contribution in [3.63, 3.8) is 0 Å². The second kappa shape index (κ2) is 7.76. The summed E-state index contributed by atoms with van der Waals surface area (Å²) in [6.07, 6.45) is 5.32. The molecule has 0 bridgehead atoms. The molecular formula is C22H23N3O2. The number of methoxy groups -OCH3 is 1. The van der Waals surface area contributed by atoms with Gasteiger partial charge in [-0.1, -0.05) is 18.2 Å². The Morgan fingerprint density at radius 1 is 1.07 bits per heavy atom. The van der Waals surface area contributed by atoms with Crippen LogP contribution in [-0.4, -0.2) is 30.2 Å². The third kappa shape index (κ3) is 3.78. The second-order valence-electron chi connectivity index (χ2n) is 6.68. The molecule has 1 aliphatic rings. The summed E-state index contributed by atoms with van der Waals surface area (Å²) < 4.78 is 11.5. The van der Waals surface area contributed by atoms with Gasteiger partial charge >= 0.3 is 0 Å². The Hall–Kier alpha value is -2.92. The van der Waals surface area contributed by atoms with E-state index in [1.165, 1.54) is 11.1 Å². The number of benzene rings is 2. The van der Waals surface area contributed by atoms with Gasteiger partial charge < -0.3 is 14.4 Å². The third-order valence-electron chi connectivity index (χ3n) is 4.98. The van der Waals surface area contributed by atoms with Crippen molar-refractivity contribution in [3.05, 3.63) is 72.3 Å². The zero-order chi connectivity index (χ0) is 18.6. The molecule has 27 heavy (non-hydrogen) atoms. The predicted molar refractivity (Wildman–Crippen MR) is 106 cm³/mol. The van der Waals surface area contributed by atoms with E-state index in [1.807, 2.05) is 24.5 Å². The van der Waals surface area contributed by atoms with Crippen molar-refractivity contribution in [1.29, 1.82) is 0 Å². The van der Waals surface area contributed by atoms with E-state index >= 15 is 0 Å². The highest BCUT2D eigenvalue weighted by molar-refractivity contribution is 5.64. The van der Waals surface area contributed by atoms with Crippen molar-refractivity contribution in [2.45, 2.75) is 19.6 Å². The van der Waals surface area contributed by atoms with Crippen molar-refractivity contribution in [2.75, 3.05) is 25.2 Å². The lowest BCUT2D eigenvalue weighted by Crippen LogP contribution is -2.30.